The Morgan fingerprint density at radius 2 is 1.38 bits per heavy atom. The fourth-order valence-electron chi connectivity index (χ4n) is 13.2. The number of hydrogen-bond acceptors (Lipinski definition) is 3. The molecule has 0 aliphatic heterocycles. The first-order valence-corrected chi connectivity index (χ1v) is 21.1. The van der Waals surface area contributed by atoms with E-state index in [4.69, 9.17) is 19.8 Å². The van der Waals surface area contributed by atoms with Crippen LogP contribution in [0.15, 0.2) is 24.3 Å². The van der Waals surface area contributed by atoms with E-state index < -0.39 is 0 Å². The summed E-state index contributed by atoms with van der Waals surface area (Å²) in [6, 6.07) is 8.68. The molecule has 6 nitrogen and oxygen atoms in total. The summed E-state index contributed by atoms with van der Waals surface area (Å²) in [4.78, 5) is 30.8. The molecule has 1 aromatic carbocycles. The van der Waals surface area contributed by atoms with Gasteiger partial charge in [0.2, 0.25) is 5.91 Å². The minimum Gasteiger partial charge on any atom is -0.483 e. The second-order valence-corrected chi connectivity index (χ2v) is 19.3. The van der Waals surface area contributed by atoms with Gasteiger partial charge in [0.1, 0.15) is 0 Å². The van der Waals surface area contributed by atoms with E-state index in [0.29, 0.717) is 58.5 Å². The van der Waals surface area contributed by atoms with Crippen LogP contribution in [0.5, 0.6) is 0 Å². The molecule has 5 aliphatic carbocycles. The van der Waals surface area contributed by atoms with Crippen LogP contribution >= 0.6 is 0 Å². The second-order valence-electron chi connectivity index (χ2n) is 19.3. The maximum absolute atomic E-state index is 14.1. The van der Waals surface area contributed by atoms with Crippen LogP contribution in [-0.4, -0.2) is 36.2 Å². The Hall–Kier alpha value is -2.88. The van der Waals surface area contributed by atoms with Gasteiger partial charge >= 0.3 is 0 Å². The van der Waals surface area contributed by atoms with Gasteiger partial charge in [0.05, 0.1) is 12.6 Å². The molecule has 0 bridgehead atoms. The quantitative estimate of drug-likeness (QED) is 0.209. The minimum absolute atomic E-state index is 0.133. The Morgan fingerprint density at radius 3 is 1.91 bits per heavy atom. The summed E-state index contributed by atoms with van der Waals surface area (Å²) < 4.78 is 9.50. The summed E-state index contributed by atoms with van der Waals surface area (Å²) in [7, 11) is 0.500. The van der Waals surface area contributed by atoms with E-state index in [-0.39, 0.29) is 18.4 Å². The number of rotatable bonds is 4. The van der Waals surface area contributed by atoms with E-state index in [2.05, 4.69) is 104 Å². The largest absolute Gasteiger partial charge is 0.483 e. The predicted octanol–water partition coefficient (Wildman–Crippen LogP) is 12.2. The fourth-order valence-corrected chi connectivity index (χ4v) is 13.2. The average Bonchev–Trinajstić information content (AvgIpc) is 3.57. The third-order valence-corrected chi connectivity index (χ3v) is 15.5. The van der Waals surface area contributed by atoms with Crippen LogP contribution in [0.3, 0.4) is 0 Å². The first-order valence-electron chi connectivity index (χ1n) is 21.1. The van der Waals surface area contributed by atoms with Crippen molar-refractivity contribution in [2.75, 3.05) is 7.18 Å². The Balaban J connectivity index is 0.00000104. The first kappa shape index (κ1) is 50.1. The SMILES string of the molecule is C#CC.CC.CF.Cc1ccc(CNC(=O)C23CCCC2C2CCC4C5(C)CCC(CC(C)(C)C)C(C)(C)C5CCC4(C)[C@]2(C)CC3)cc1.O=CO.O=CO. The highest BCUT2D eigenvalue weighted by atomic mass is 19.1. The number of carbonyl (C=O) groups is 3. The number of hydrogen-bond donors (Lipinski definition) is 3. The summed E-state index contributed by atoms with van der Waals surface area (Å²) >= 11 is 0. The summed E-state index contributed by atoms with van der Waals surface area (Å²) in [6.45, 7) is 28.8. The zero-order valence-corrected chi connectivity index (χ0v) is 37.1. The third kappa shape index (κ3) is 10.4. The topological polar surface area (TPSA) is 104 Å². The first-order chi connectivity index (χ1) is 25.8. The van der Waals surface area contributed by atoms with Gasteiger partial charge in [-0.05, 0) is 147 Å². The maximum atomic E-state index is 14.1. The normalized spacial score (nSPS) is 34.7. The molecular formula is C48H80FNO5. The van der Waals surface area contributed by atoms with Crippen LogP contribution in [0.25, 0.3) is 0 Å². The summed E-state index contributed by atoms with van der Waals surface area (Å²) in [5.74, 6) is 6.39. The average molecular weight is 770 g/mol. The van der Waals surface area contributed by atoms with E-state index >= 15 is 0 Å². The van der Waals surface area contributed by atoms with Crippen molar-refractivity contribution < 1.29 is 29.0 Å². The molecule has 5 fully saturated rings. The number of aryl methyl sites for hydroxylation is 1. The number of carbonyl (C=O) groups excluding carboxylic acids is 1. The number of alkyl halides is 1. The van der Waals surface area contributed by atoms with E-state index in [9.17, 15) is 9.18 Å². The molecule has 9 atom stereocenters. The molecule has 1 amide bonds. The molecular weight excluding hydrogens is 690 g/mol. The Morgan fingerprint density at radius 1 is 0.836 bits per heavy atom. The van der Waals surface area contributed by atoms with Crippen molar-refractivity contribution in [1.29, 1.82) is 0 Å². The lowest BCUT2D eigenvalue weighted by atomic mass is 9.32. The van der Waals surface area contributed by atoms with Gasteiger partial charge < -0.3 is 15.5 Å². The molecule has 55 heavy (non-hydrogen) atoms. The highest BCUT2D eigenvalue weighted by molar-refractivity contribution is 5.83. The molecule has 1 aromatic rings. The van der Waals surface area contributed by atoms with Gasteiger partial charge in [0.15, 0.2) is 0 Å². The molecule has 0 aromatic heterocycles. The van der Waals surface area contributed by atoms with Crippen molar-refractivity contribution in [3.8, 4) is 12.3 Å². The van der Waals surface area contributed by atoms with Crippen LogP contribution < -0.4 is 5.32 Å². The number of halogens is 1. The van der Waals surface area contributed by atoms with E-state index in [1.165, 1.54) is 75.3 Å². The Bertz CT molecular complexity index is 1370. The van der Waals surface area contributed by atoms with Crippen molar-refractivity contribution >= 4 is 18.9 Å². The van der Waals surface area contributed by atoms with Crippen molar-refractivity contribution in [2.45, 2.75) is 167 Å². The lowest BCUT2D eigenvalue weighted by Gasteiger charge is -2.73. The third-order valence-electron chi connectivity index (χ3n) is 15.5. The fraction of sp³-hybridized carbons (Fsp3) is 0.771. The number of fused-ring (bicyclic) bond motifs is 7. The van der Waals surface area contributed by atoms with Gasteiger partial charge in [0, 0.05) is 6.54 Å². The molecule has 5 saturated carbocycles. The molecule has 0 radical (unpaired) electrons. The molecule has 0 saturated heterocycles. The van der Waals surface area contributed by atoms with Crippen LogP contribution in [0, 0.1) is 81.3 Å². The highest BCUT2D eigenvalue weighted by Gasteiger charge is 2.70. The van der Waals surface area contributed by atoms with E-state index in [0.717, 1.165) is 30.6 Å². The number of carboxylic acid groups (broad SMARTS) is 2. The van der Waals surface area contributed by atoms with Crippen LogP contribution in [-0.2, 0) is 20.9 Å². The van der Waals surface area contributed by atoms with Crippen LogP contribution in [0.1, 0.15) is 164 Å². The monoisotopic (exact) mass is 770 g/mol. The standard InChI is InChI=1S/C40H63NO.C3H4.C2H6.CH3F.2CH2O2/c1-27-12-14-28(15-13-27)26-41-34(42)40-20-10-11-31(40)30-16-17-33-37(7)21-18-29(25-35(2,3)4)36(5,6)32(37)19-22-39(33,9)38(30,8)23-24-40;1-3-2;2*1-2;2*2-1-3/h12-15,29-33H,10-11,16-26H2,1-9H3,(H,41,42);1H,2H3;1-2H3;1H3;2*1H,(H,2,3)/t29?,30?,31?,32?,33?,37?,38-,39?,40?;;;;;/m1...../s1. The van der Waals surface area contributed by atoms with Gasteiger partial charge in [-0.2, -0.15) is 0 Å². The van der Waals surface area contributed by atoms with E-state index in [1.54, 1.807) is 6.92 Å². The number of terminal acetylenes is 1. The van der Waals surface area contributed by atoms with Crippen molar-refractivity contribution in [1.82, 2.24) is 5.32 Å². The predicted molar refractivity (Wildman–Crippen MR) is 226 cm³/mol. The zero-order chi connectivity index (χ0) is 42.5. The lowest BCUT2D eigenvalue weighted by Crippen LogP contribution is -2.66. The molecule has 5 aliphatic rings. The zero-order valence-electron chi connectivity index (χ0n) is 37.1. The van der Waals surface area contributed by atoms with Gasteiger partial charge in [-0.25, -0.2) is 0 Å². The lowest BCUT2D eigenvalue weighted by molar-refractivity contribution is -0.240. The molecule has 6 rings (SSSR count). The van der Waals surface area contributed by atoms with Crippen molar-refractivity contribution in [3.63, 3.8) is 0 Å². The summed E-state index contributed by atoms with van der Waals surface area (Å²) in [5.41, 5.74) is 4.39. The smallest absolute Gasteiger partial charge is 0.290 e. The van der Waals surface area contributed by atoms with Gasteiger partial charge in [-0.1, -0.05) is 105 Å². The van der Waals surface area contributed by atoms with Crippen molar-refractivity contribution in [3.05, 3.63) is 35.4 Å². The molecule has 0 heterocycles. The molecule has 7 heteroatoms. The molecule has 3 N–H and O–H groups in total. The van der Waals surface area contributed by atoms with Gasteiger partial charge in [-0.15, -0.1) is 12.3 Å². The number of amides is 1. The van der Waals surface area contributed by atoms with Crippen LogP contribution in [0.4, 0.5) is 4.39 Å². The number of nitrogens with one attached hydrogen (secondary N) is 1. The molecule has 0 spiro atoms. The van der Waals surface area contributed by atoms with Gasteiger partial charge in [0.25, 0.3) is 12.9 Å². The second kappa shape index (κ2) is 21.0. The highest BCUT2D eigenvalue weighted by Crippen LogP contribution is 2.77. The number of benzene rings is 1. The summed E-state index contributed by atoms with van der Waals surface area (Å²) in [6.07, 6.45) is 20.3. The molecule has 314 valence electrons. The molecule has 8 unspecified atom stereocenters. The Kier molecular flexibility index (Phi) is 19.2. The summed E-state index contributed by atoms with van der Waals surface area (Å²) in [5, 5.41) is 17.2. The maximum Gasteiger partial charge on any atom is 0.290 e. The minimum atomic E-state index is -0.250. The van der Waals surface area contributed by atoms with Crippen LogP contribution in [0.2, 0.25) is 0 Å². The van der Waals surface area contributed by atoms with E-state index in [1.807, 2.05) is 13.8 Å². The Labute approximate surface area is 336 Å². The van der Waals surface area contributed by atoms with Gasteiger partial charge in [-0.3, -0.25) is 18.8 Å². The van der Waals surface area contributed by atoms with Crippen molar-refractivity contribution in [2.24, 2.45) is 62.1 Å².